The number of hydrogen-bond acceptors (Lipinski definition) is 1. The first-order valence-corrected chi connectivity index (χ1v) is 13.1. The number of rotatable bonds is 6. The van der Waals surface area contributed by atoms with Gasteiger partial charge in [0.2, 0.25) is 0 Å². The van der Waals surface area contributed by atoms with E-state index in [2.05, 4.69) is 125 Å². The SMILES string of the molecule is C=NC(=NC=NCc1ccccc1)c1cccc2c1-c1ccccc1C2(C1=CC=CCC1)c1ccccc1. The lowest BCUT2D eigenvalue weighted by atomic mass is 9.65. The molecule has 38 heavy (non-hydrogen) atoms. The van der Waals surface area contributed by atoms with Gasteiger partial charge in [0, 0.05) is 5.56 Å². The van der Waals surface area contributed by atoms with E-state index >= 15 is 0 Å². The highest BCUT2D eigenvalue weighted by Crippen LogP contribution is 2.58. The summed E-state index contributed by atoms with van der Waals surface area (Å²) in [5, 5.41) is 0. The summed E-state index contributed by atoms with van der Waals surface area (Å²) in [5.41, 5.74) is 9.38. The van der Waals surface area contributed by atoms with Gasteiger partial charge in [-0.15, -0.1) is 0 Å². The van der Waals surface area contributed by atoms with Gasteiger partial charge < -0.3 is 0 Å². The Morgan fingerprint density at radius 3 is 2.32 bits per heavy atom. The van der Waals surface area contributed by atoms with Crippen LogP contribution in [-0.2, 0) is 12.0 Å². The first kappa shape index (κ1) is 23.7. The van der Waals surface area contributed by atoms with E-state index < -0.39 is 0 Å². The second-order valence-electron chi connectivity index (χ2n) is 9.60. The van der Waals surface area contributed by atoms with Crippen LogP contribution in [0.5, 0.6) is 0 Å². The van der Waals surface area contributed by atoms with Crippen molar-refractivity contribution in [3.8, 4) is 11.1 Å². The van der Waals surface area contributed by atoms with E-state index in [0.29, 0.717) is 12.4 Å². The van der Waals surface area contributed by atoms with Crippen molar-refractivity contribution < 1.29 is 0 Å². The first-order valence-electron chi connectivity index (χ1n) is 13.1. The number of fused-ring (bicyclic) bond motifs is 3. The molecule has 1 atom stereocenters. The van der Waals surface area contributed by atoms with Gasteiger partial charge in [0.05, 0.1) is 12.0 Å². The smallest absolute Gasteiger partial charge is 0.160 e. The molecule has 6 rings (SSSR count). The number of hydrogen-bond donors (Lipinski definition) is 0. The molecule has 184 valence electrons. The summed E-state index contributed by atoms with van der Waals surface area (Å²) in [4.78, 5) is 13.6. The molecule has 4 aromatic carbocycles. The molecule has 0 aromatic heterocycles. The van der Waals surface area contributed by atoms with Crippen LogP contribution in [0.1, 0.15) is 40.7 Å². The quantitative estimate of drug-likeness (QED) is 0.194. The number of aliphatic imine (C=N–C) groups is 3. The minimum atomic E-state index is -0.373. The zero-order valence-corrected chi connectivity index (χ0v) is 21.3. The fourth-order valence-electron chi connectivity index (χ4n) is 5.98. The van der Waals surface area contributed by atoms with Gasteiger partial charge in [-0.05, 0) is 52.9 Å². The third-order valence-corrected chi connectivity index (χ3v) is 7.54. The van der Waals surface area contributed by atoms with Crippen LogP contribution in [0.2, 0.25) is 0 Å². The lowest BCUT2D eigenvalue weighted by molar-refractivity contribution is 0.693. The fourth-order valence-corrected chi connectivity index (χ4v) is 5.98. The van der Waals surface area contributed by atoms with E-state index in [-0.39, 0.29) is 5.41 Å². The van der Waals surface area contributed by atoms with Crippen LogP contribution in [-0.4, -0.2) is 18.9 Å². The Labute approximate surface area is 224 Å². The van der Waals surface area contributed by atoms with Crippen LogP contribution in [0.15, 0.2) is 142 Å². The van der Waals surface area contributed by atoms with Gasteiger partial charge >= 0.3 is 0 Å². The van der Waals surface area contributed by atoms with Crippen LogP contribution < -0.4 is 0 Å². The van der Waals surface area contributed by atoms with Crippen molar-refractivity contribution in [1.82, 2.24) is 0 Å². The van der Waals surface area contributed by atoms with Gasteiger partial charge in [-0.3, -0.25) is 4.99 Å². The molecular weight excluding hydrogens is 462 g/mol. The van der Waals surface area contributed by atoms with Gasteiger partial charge in [0.15, 0.2) is 5.84 Å². The van der Waals surface area contributed by atoms with Gasteiger partial charge in [-0.25, -0.2) is 9.98 Å². The zero-order chi connectivity index (χ0) is 25.8. The summed E-state index contributed by atoms with van der Waals surface area (Å²) < 4.78 is 0. The maximum absolute atomic E-state index is 4.68. The molecule has 3 heteroatoms. The summed E-state index contributed by atoms with van der Waals surface area (Å²) in [6.07, 6.45) is 10.4. The van der Waals surface area contributed by atoms with E-state index in [4.69, 9.17) is 0 Å². The van der Waals surface area contributed by atoms with Crippen LogP contribution in [0.4, 0.5) is 0 Å². The molecule has 2 aliphatic carbocycles. The van der Waals surface area contributed by atoms with Crippen molar-refractivity contribution in [2.75, 3.05) is 0 Å². The van der Waals surface area contributed by atoms with E-state index in [0.717, 1.165) is 24.0 Å². The average Bonchev–Trinajstić information content (AvgIpc) is 3.30. The van der Waals surface area contributed by atoms with Crippen molar-refractivity contribution in [2.24, 2.45) is 15.0 Å². The van der Waals surface area contributed by atoms with E-state index in [1.807, 2.05) is 18.2 Å². The first-order chi connectivity index (χ1) is 18.8. The number of benzene rings is 4. The Hall–Kier alpha value is -4.63. The Morgan fingerprint density at radius 2 is 1.55 bits per heavy atom. The maximum Gasteiger partial charge on any atom is 0.160 e. The molecule has 1 unspecified atom stereocenters. The van der Waals surface area contributed by atoms with Gasteiger partial charge in [0.25, 0.3) is 0 Å². The summed E-state index contributed by atoms with van der Waals surface area (Å²) in [7, 11) is 0. The maximum atomic E-state index is 4.68. The predicted octanol–water partition coefficient (Wildman–Crippen LogP) is 7.95. The normalized spacial score (nSPS) is 18.2. The molecule has 3 nitrogen and oxygen atoms in total. The standard InChI is InChI=1S/C35H29N3/c1-36-34(38-25-37-24-26-14-5-2-6-15-26)30-21-13-23-32-33(30)29-20-11-12-22-31(29)35(32,27-16-7-3-8-17-27)28-18-9-4-10-19-28/h2-9,11-18,20-23,25H,1,10,19,24H2. The van der Waals surface area contributed by atoms with Crippen LogP contribution in [0.25, 0.3) is 11.1 Å². The van der Waals surface area contributed by atoms with Crippen LogP contribution in [0.3, 0.4) is 0 Å². The highest BCUT2D eigenvalue weighted by atomic mass is 14.9. The van der Waals surface area contributed by atoms with Gasteiger partial charge in [-0.2, -0.15) is 0 Å². The van der Waals surface area contributed by atoms with E-state index in [9.17, 15) is 0 Å². The highest BCUT2D eigenvalue weighted by Gasteiger charge is 2.47. The third kappa shape index (κ3) is 3.97. The second kappa shape index (κ2) is 10.4. The molecule has 0 radical (unpaired) electrons. The summed E-state index contributed by atoms with van der Waals surface area (Å²) >= 11 is 0. The molecule has 0 heterocycles. The minimum absolute atomic E-state index is 0.373. The molecule has 0 N–H and O–H groups in total. The number of amidine groups is 1. The van der Waals surface area contributed by atoms with Crippen molar-refractivity contribution in [3.63, 3.8) is 0 Å². The molecular formula is C35H29N3. The summed E-state index contributed by atoms with van der Waals surface area (Å²) in [6, 6.07) is 36.3. The molecule has 4 aromatic rings. The molecule has 0 bridgehead atoms. The fraction of sp³-hybridized carbons (Fsp3) is 0.114. The Balaban J connectivity index is 1.54. The Kier molecular flexibility index (Phi) is 6.49. The van der Waals surface area contributed by atoms with Crippen LogP contribution >= 0.6 is 0 Å². The molecule has 2 aliphatic rings. The molecule has 0 saturated heterocycles. The lowest BCUT2D eigenvalue weighted by Gasteiger charge is -2.36. The largest absolute Gasteiger partial charge is 0.269 e. The Morgan fingerprint density at radius 1 is 0.816 bits per heavy atom. The van der Waals surface area contributed by atoms with E-state index in [1.165, 1.54) is 33.4 Å². The van der Waals surface area contributed by atoms with Crippen molar-refractivity contribution in [3.05, 3.63) is 155 Å². The van der Waals surface area contributed by atoms with Gasteiger partial charge in [0.1, 0.15) is 6.34 Å². The molecule has 0 saturated carbocycles. The van der Waals surface area contributed by atoms with Crippen LogP contribution in [0, 0.1) is 0 Å². The topological polar surface area (TPSA) is 37.1 Å². The molecule has 0 aliphatic heterocycles. The average molecular weight is 492 g/mol. The number of allylic oxidation sites excluding steroid dienone is 4. The molecule has 0 spiro atoms. The monoisotopic (exact) mass is 491 g/mol. The third-order valence-electron chi connectivity index (χ3n) is 7.54. The lowest BCUT2D eigenvalue weighted by Crippen LogP contribution is -2.30. The van der Waals surface area contributed by atoms with Gasteiger partial charge in [-0.1, -0.05) is 127 Å². The van der Waals surface area contributed by atoms with Crippen molar-refractivity contribution in [2.45, 2.75) is 24.8 Å². The molecule has 0 fully saturated rings. The minimum Gasteiger partial charge on any atom is -0.269 e. The van der Waals surface area contributed by atoms with E-state index in [1.54, 1.807) is 6.34 Å². The van der Waals surface area contributed by atoms with Crippen molar-refractivity contribution >= 4 is 18.9 Å². The Bertz CT molecular complexity index is 1590. The summed E-state index contributed by atoms with van der Waals surface area (Å²) in [6.45, 7) is 4.45. The predicted molar refractivity (Wildman–Crippen MR) is 159 cm³/mol. The summed E-state index contributed by atoms with van der Waals surface area (Å²) in [5.74, 6) is 0.579. The highest BCUT2D eigenvalue weighted by molar-refractivity contribution is 6.11. The molecule has 0 amide bonds. The zero-order valence-electron chi connectivity index (χ0n) is 21.3. The second-order valence-corrected chi connectivity index (χ2v) is 9.60. The van der Waals surface area contributed by atoms with Crippen molar-refractivity contribution in [1.29, 1.82) is 0 Å². The number of nitrogens with zero attached hydrogens (tertiary/aromatic N) is 3.